The van der Waals surface area contributed by atoms with E-state index in [0.717, 1.165) is 152 Å². The number of fused-ring (bicyclic) bond motifs is 9. The Morgan fingerprint density at radius 1 is 0.519 bits per heavy atom. The first-order chi connectivity index (χ1) is 50.1. The third kappa shape index (κ3) is 26.7. The fourth-order valence-electron chi connectivity index (χ4n) is 13.0. The number of carbonyl (C=O) groups is 5. The molecule has 15 rings (SSSR count). The number of carboxylic acid groups (broad SMARTS) is 1. The quantitative estimate of drug-likeness (QED) is 0.0205. The molecule has 6 aliphatic carbocycles. The molecule has 3 fully saturated rings. The second-order valence-electron chi connectivity index (χ2n) is 27.4. The fraction of sp³-hybridized carbons (Fsp3) is 0.383. The standard InChI is InChI=1S/C13H15BrN2O.2C13H15BrN2.C13H12BrNO.C8H12O2.C7H12O.C6H4BrClN2.C6H6BrN.C2H4O2.Na/c1-9-3-2-4-12(13(9)17)16-15-11-7-5-10(14)6-8-11;2*1-7-2-4-9-10-6-8(14)3-5-11(10)16-13(9)12(7)15;1-7-2-4-9-10-6-8(14)3-5-11(10)15-12(9)13(7)16;1-6-3-2-4-7(5-9)8(6)10;1-6-4-2-3-5-7(6)8;7-5-1-3-6(4-2-5)9-10-8;7-5-1-3-6(8)4-2-5;1-2(3)4;/h5-9,15H,2-4H2,1H3;2*3,5-7,12,16H,2,4,15H2,1H3;3,5-7,15H,2,4H2,1H3;5-6,9H,2-4H2,1H3;6H,2-5H2,1H3;1-4H;1-4H,8H2;1H3,(H,3,4);/q;;;;;;;;;+1/p-1/b16-12+;;;;7-5+;;;;;. The number of rotatable bonds is 3. The van der Waals surface area contributed by atoms with Crippen molar-refractivity contribution in [3.05, 3.63) is 200 Å². The Bertz CT molecular complexity index is 4380. The van der Waals surface area contributed by atoms with E-state index in [4.69, 9.17) is 44.0 Å². The van der Waals surface area contributed by atoms with E-state index in [2.05, 4.69) is 187 Å². The number of aryl methyl sites for hydroxylation is 3. The van der Waals surface area contributed by atoms with Crippen LogP contribution >= 0.6 is 107 Å². The van der Waals surface area contributed by atoms with Gasteiger partial charge in [-0.15, -0.1) is 5.11 Å². The summed E-state index contributed by atoms with van der Waals surface area (Å²) in [7, 11) is 0. The maximum atomic E-state index is 12.0. The molecule has 106 heavy (non-hydrogen) atoms. The Labute approximate surface area is 699 Å². The third-order valence-electron chi connectivity index (χ3n) is 19.4. The van der Waals surface area contributed by atoms with Gasteiger partial charge in [0.2, 0.25) is 0 Å². The number of aromatic amines is 3. The molecule has 0 radical (unpaired) electrons. The van der Waals surface area contributed by atoms with E-state index >= 15 is 0 Å². The van der Waals surface area contributed by atoms with Crippen LogP contribution in [-0.2, 0) is 38.4 Å². The number of aliphatic hydroxyl groups is 1. The molecule has 11 N–H and O–H groups in total. The number of nitrogens with zero attached hydrogens (tertiary/aromatic N) is 3. The smallest absolute Gasteiger partial charge is 0.550 e. The molecular weight excluding hydrogens is 1760 g/mol. The molecule has 6 aromatic carbocycles. The number of carboxylic acids is 1. The number of hydrogen-bond donors (Lipinski definition) is 8. The van der Waals surface area contributed by atoms with Crippen LogP contribution in [0.25, 0.3) is 32.7 Å². The number of Topliss-reactive ketones (excluding diaryl/α,β-unsaturated/α-hetero) is 4. The van der Waals surface area contributed by atoms with Crippen LogP contribution in [0.1, 0.15) is 183 Å². The number of halogens is 7. The van der Waals surface area contributed by atoms with Gasteiger partial charge in [0.1, 0.15) is 11.5 Å². The number of aliphatic hydroxyl groups excluding tert-OH is 1. The Kier molecular flexibility index (Phi) is 37.5. The maximum absolute atomic E-state index is 12.0. The van der Waals surface area contributed by atoms with Gasteiger partial charge in [0.25, 0.3) is 0 Å². The van der Waals surface area contributed by atoms with Gasteiger partial charge in [-0.1, -0.05) is 148 Å². The van der Waals surface area contributed by atoms with Gasteiger partial charge < -0.3 is 47.2 Å². The summed E-state index contributed by atoms with van der Waals surface area (Å²) in [6.45, 7) is 13.3. The van der Waals surface area contributed by atoms with Gasteiger partial charge >= 0.3 is 29.6 Å². The second-order valence-corrected chi connectivity index (χ2v) is 33.1. The van der Waals surface area contributed by atoms with Gasteiger partial charge in [0.05, 0.1) is 35.1 Å². The van der Waals surface area contributed by atoms with E-state index in [0.29, 0.717) is 34.8 Å². The van der Waals surface area contributed by atoms with Crippen molar-refractivity contribution in [3.8, 4) is 0 Å². The summed E-state index contributed by atoms with van der Waals surface area (Å²) < 4.78 is 9.55. The molecule has 6 aliphatic rings. The average Bonchev–Trinajstić information content (AvgIpc) is 1.64. The van der Waals surface area contributed by atoms with Crippen molar-refractivity contribution in [1.82, 2.24) is 15.0 Å². The Morgan fingerprint density at radius 3 is 1.38 bits per heavy atom. The number of aromatic nitrogens is 3. The van der Waals surface area contributed by atoms with Crippen molar-refractivity contribution in [2.24, 2.45) is 61.8 Å². The first-order valence-electron chi connectivity index (χ1n) is 35.5. The number of nitrogens with one attached hydrogen (secondary N) is 4. The Hall–Kier alpha value is -5.41. The molecule has 8 atom stereocenters. The molecule has 17 nitrogen and oxygen atoms in total. The van der Waals surface area contributed by atoms with Crippen LogP contribution in [0.4, 0.5) is 17.1 Å². The summed E-state index contributed by atoms with van der Waals surface area (Å²) in [6.07, 6.45) is 17.5. The largest absolute Gasteiger partial charge is 1.00 e. The molecule has 0 saturated heterocycles. The van der Waals surface area contributed by atoms with Crippen LogP contribution in [0.15, 0.2) is 181 Å². The first-order valence-corrected chi connectivity index (χ1v) is 40.6. The van der Waals surface area contributed by atoms with Crippen molar-refractivity contribution >= 4 is 192 Å². The van der Waals surface area contributed by atoms with Crippen LogP contribution in [0.5, 0.6) is 0 Å². The molecule has 25 heteroatoms. The molecule has 0 bridgehead atoms. The van der Waals surface area contributed by atoms with Gasteiger partial charge in [-0.25, -0.2) is 0 Å². The van der Waals surface area contributed by atoms with Crippen molar-refractivity contribution in [1.29, 1.82) is 0 Å². The van der Waals surface area contributed by atoms with Crippen LogP contribution in [0.3, 0.4) is 0 Å². The number of allylic oxidation sites excluding steroid dienone is 1. The zero-order valence-corrected chi connectivity index (χ0v) is 73.5. The van der Waals surface area contributed by atoms with Gasteiger partial charge in [0, 0.05) is 130 Å². The normalized spacial score (nSPS) is 21.3. The number of carbonyl (C=O) groups excluding carboxylic acids is 5. The summed E-state index contributed by atoms with van der Waals surface area (Å²) in [5, 5.41) is 29.2. The second kappa shape index (κ2) is 44.4. The number of H-pyrrole nitrogens is 3. The third-order valence-corrected chi connectivity index (χ3v) is 22.6. The van der Waals surface area contributed by atoms with Gasteiger partial charge in [-0.2, -0.15) is 5.10 Å². The average molecular weight is 1860 g/mol. The molecule has 8 unspecified atom stereocenters. The number of hydrogen-bond acceptors (Lipinski definition) is 14. The van der Waals surface area contributed by atoms with Gasteiger partial charge in [-0.3, -0.25) is 24.6 Å². The number of nitrogen functional groups attached to an aromatic ring is 1. The minimum absolute atomic E-state index is 0. The summed E-state index contributed by atoms with van der Waals surface area (Å²) in [6, 6.07) is 41.8. The predicted octanol–water partition coefficient (Wildman–Crippen LogP) is 19.4. The minimum Gasteiger partial charge on any atom is -0.550 e. The van der Waals surface area contributed by atoms with Gasteiger partial charge in [0.15, 0.2) is 17.3 Å². The molecule has 0 spiro atoms. The van der Waals surface area contributed by atoms with Crippen LogP contribution in [-0.4, -0.2) is 54.9 Å². The van der Waals surface area contributed by atoms with Crippen LogP contribution in [0.2, 0.25) is 0 Å². The molecule has 3 saturated carbocycles. The van der Waals surface area contributed by atoms with Crippen molar-refractivity contribution in [3.63, 3.8) is 0 Å². The van der Waals surface area contributed by atoms with Crippen molar-refractivity contribution in [2.75, 3.05) is 11.2 Å². The summed E-state index contributed by atoms with van der Waals surface area (Å²) >= 11 is 25.5. The van der Waals surface area contributed by atoms with E-state index in [1.165, 1.54) is 74.5 Å². The molecule has 560 valence electrons. The number of benzene rings is 6. The fourth-order valence-corrected chi connectivity index (χ4v) is 15.0. The molecular formula is C81H94Br6ClN10NaO7. The summed E-state index contributed by atoms with van der Waals surface area (Å²) in [4.78, 5) is 64.9. The zero-order valence-electron chi connectivity index (χ0n) is 61.3. The topological polar surface area (TPSA) is 303 Å². The van der Waals surface area contributed by atoms with Crippen LogP contribution in [0, 0.1) is 35.5 Å². The maximum Gasteiger partial charge on any atom is 1.00 e. The zero-order chi connectivity index (χ0) is 76.6. The van der Waals surface area contributed by atoms with E-state index in [1.807, 2.05) is 113 Å². The Morgan fingerprint density at radius 2 is 0.934 bits per heavy atom. The predicted molar refractivity (Wildman–Crippen MR) is 447 cm³/mol. The number of hydrazone groups is 1. The molecule has 3 heterocycles. The Balaban J connectivity index is 0.000000191. The van der Waals surface area contributed by atoms with E-state index < -0.39 is 5.97 Å². The first kappa shape index (κ1) is 89.5. The van der Waals surface area contributed by atoms with E-state index in [1.54, 1.807) is 0 Å². The summed E-state index contributed by atoms with van der Waals surface area (Å²) in [5.74, 6) is 1.85. The molecule has 0 amide bonds. The monoisotopic (exact) mass is 1850 g/mol. The SMILES string of the molecule is CC(=O)[O-].CC1CCC/C(=C\O)C1=O.CC1CCC/C(=N\Nc2ccc(Br)cc2)C1=O.CC1CCCCC1=O.CC1CCc2c([nH]c3ccc(Br)cc23)C1=O.CC1CCc2c([nH]c3ccc(Br)cc23)C1N.CC1CCc2c([nH]c3ccc(Br)cc23)C1N.ClN=Nc1ccc(Br)cc1.Nc1ccc(Br)cc1.[Na+]. The number of ketones is 4. The molecule has 0 aliphatic heterocycles. The van der Waals surface area contributed by atoms with Crippen LogP contribution < -0.4 is 57.3 Å². The number of aliphatic carboxylic acids is 1. The van der Waals surface area contributed by atoms with Crippen molar-refractivity contribution < 1.29 is 63.7 Å². The molecule has 3 aromatic heterocycles. The van der Waals surface area contributed by atoms with Gasteiger partial charge in [-0.05, 0) is 253 Å². The number of nitrogens with two attached hydrogens (primary N) is 3. The summed E-state index contributed by atoms with van der Waals surface area (Å²) in [5.41, 5.74) is 35.4. The van der Waals surface area contributed by atoms with Crippen molar-refractivity contribution in [2.45, 2.75) is 163 Å². The number of anilines is 2. The molecule has 9 aromatic rings. The van der Waals surface area contributed by atoms with E-state index in [-0.39, 0.29) is 76.7 Å². The van der Waals surface area contributed by atoms with E-state index in [9.17, 15) is 19.2 Å². The minimum atomic E-state index is -1.08.